The van der Waals surface area contributed by atoms with E-state index in [0.29, 0.717) is 30.6 Å². The molecule has 1 heterocycles. The maximum absolute atomic E-state index is 12.8. The van der Waals surface area contributed by atoms with Crippen LogP contribution in [0.4, 0.5) is 0 Å². The minimum Gasteiger partial charge on any atom is -0.327 e. The highest BCUT2D eigenvalue weighted by atomic mass is 32.2. The van der Waals surface area contributed by atoms with Gasteiger partial charge in [-0.2, -0.15) is 9.57 Å². The SMILES string of the molecule is Cc1cc(C#N)ccc1S(=O)(=O)N1CCC(N)C(C)(C)C1. The maximum Gasteiger partial charge on any atom is 0.243 e. The van der Waals surface area contributed by atoms with E-state index < -0.39 is 10.0 Å². The zero-order chi connectivity index (χ0) is 15.8. The van der Waals surface area contributed by atoms with Crippen LogP contribution in [0.2, 0.25) is 0 Å². The van der Waals surface area contributed by atoms with Crippen molar-refractivity contribution in [3.05, 3.63) is 29.3 Å². The van der Waals surface area contributed by atoms with Crippen LogP contribution < -0.4 is 5.73 Å². The fourth-order valence-electron chi connectivity index (χ4n) is 2.68. The van der Waals surface area contributed by atoms with Gasteiger partial charge in [-0.1, -0.05) is 13.8 Å². The van der Waals surface area contributed by atoms with E-state index in [0.717, 1.165) is 0 Å². The Morgan fingerprint density at radius 2 is 2.10 bits per heavy atom. The first-order chi connectivity index (χ1) is 9.68. The third-order valence-corrected chi connectivity index (χ3v) is 6.20. The molecule has 0 aliphatic carbocycles. The van der Waals surface area contributed by atoms with Crippen molar-refractivity contribution in [2.24, 2.45) is 11.1 Å². The summed E-state index contributed by atoms with van der Waals surface area (Å²) in [6.45, 7) is 6.55. The summed E-state index contributed by atoms with van der Waals surface area (Å²) in [7, 11) is -3.54. The molecule has 1 unspecified atom stereocenters. The summed E-state index contributed by atoms with van der Waals surface area (Å²) in [5, 5.41) is 8.88. The second-order valence-electron chi connectivity index (χ2n) is 6.31. The molecule has 1 aliphatic heterocycles. The number of nitrogens with zero attached hydrogens (tertiary/aromatic N) is 2. The number of sulfonamides is 1. The number of nitriles is 1. The van der Waals surface area contributed by atoms with E-state index in [1.165, 1.54) is 10.4 Å². The van der Waals surface area contributed by atoms with E-state index in [1.807, 2.05) is 19.9 Å². The summed E-state index contributed by atoms with van der Waals surface area (Å²) in [6.07, 6.45) is 0.654. The van der Waals surface area contributed by atoms with E-state index in [4.69, 9.17) is 11.0 Å². The van der Waals surface area contributed by atoms with Crippen LogP contribution in [-0.4, -0.2) is 31.9 Å². The Morgan fingerprint density at radius 1 is 1.43 bits per heavy atom. The molecule has 1 atom stereocenters. The molecule has 1 aromatic rings. The van der Waals surface area contributed by atoms with Crippen molar-refractivity contribution in [2.75, 3.05) is 13.1 Å². The molecule has 1 saturated heterocycles. The molecular formula is C15H21N3O2S. The average molecular weight is 307 g/mol. The van der Waals surface area contributed by atoms with Crippen LogP contribution in [0.5, 0.6) is 0 Å². The molecule has 6 heteroatoms. The van der Waals surface area contributed by atoms with E-state index >= 15 is 0 Å². The number of aryl methyl sites for hydroxylation is 1. The summed E-state index contributed by atoms with van der Waals surface area (Å²) in [4.78, 5) is 0.271. The van der Waals surface area contributed by atoms with Crippen molar-refractivity contribution in [3.8, 4) is 6.07 Å². The number of hydrogen-bond donors (Lipinski definition) is 1. The molecule has 1 fully saturated rings. The van der Waals surface area contributed by atoms with E-state index in [9.17, 15) is 8.42 Å². The molecule has 0 saturated carbocycles. The highest BCUT2D eigenvalue weighted by Gasteiger charge is 2.39. The van der Waals surface area contributed by atoms with Gasteiger partial charge in [0.2, 0.25) is 10.0 Å². The Morgan fingerprint density at radius 3 is 2.62 bits per heavy atom. The monoisotopic (exact) mass is 307 g/mol. The Labute approximate surface area is 126 Å². The zero-order valence-corrected chi connectivity index (χ0v) is 13.4. The van der Waals surface area contributed by atoms with Crippen molar-refractivity contribution < 1.29 is 8.42 Å². The molecule has 0 amide bonds. The first kappa shape index (κ1) is 16.0. The molecule has 21 heavy (non-hydrogen) atoms. The van der Waals surface area contributed by atoms with Crippen LogP contribution in [-0.2, 0) is 10.0 Å². The van der Waals surface area contributed by atoms with Gasteiger partial charge in [-0.3, -0.25) is 0 Å². The minimum atomic E-state index is -3.54. The largest absolute Gasteiger partial charge is 0.327 e. The minimum absolute atomic E-state index is 0.00557. The number of rotatable bonds is 2. The number of benzene rings is 1. The molecule has 0 radical (unpaired) electrons. The van der Waals surface area contributed by atoms with Crippen LogP contribution in [0.1, 0.15) is 31.4 Å². The lowest BCUT2D eigenvalue weighted by Gasteiger charge is -2.41. The van der Waals surface area contributed by atoms with Gasteiger partial charge < -0.3 is 5.73 Å². The summed E-state index contributed by atoms with van der Waals surface area (Å²) < 4.78 is 27.1. The average Bonchev–Trinajstić information content (AvgIpc) is 2.41. The van der Waals surface area contributed by atoms with Gasteiger partial charge in [0.1, 0.15) is 0 Å². The molecule has 2 N–H and O–H groups in total. The van der Waals surface area contributed by atoms with Crippen molar-refractivity contribution >= 4 is 10.0 Å². The summed E-state index contributed by atoms with van der Waals surface area (Å²) in [6, 6.07) is 6.69. The molecule has 1 aliphatic rings. The van der Waals surface area contributed by atoms with E-state index in [1.54, 1.807) is 19.1 Å². The molecule has 2 rings (SSSR count). The Hall–Kier alpha value is -1.42. The van der Waals surface area contributed by atoms with Gasteiger partial charge >= 0.3 is 0 Å². The van der Waals surface area contributed by atoms with Crippen molar-refractivity contribution in [1.82, 2.24) is 4.31 Å². The molecule has 114 valence electrons. The van der Waals surface area contributed by atoms with Crippen molar-refractivity contribution in [2.45, 2.75) is 38.1 Å². The zero-order valence-electron chi connectivity index (χ0n) is 12.6. The van der Waals surface area contributed by atoms with Gasteiger partial charge in [0.15, 0.2) is 0 Å². The van der Waals surface area contributed by atoms with Crippen LogP contribution >= 0.6 is 0 Å². The predicted molar refractivity (Wildman–Crippen MR) is 81.0 cm³/mol. The Kier molecular flexibility index (Phi) is 4.11. The van der Waals surface area contributed by atoms with Crippen LogP contribution in [0.25, 0.3) is 0 Å². The lowest BCUT2D eigenvalue weighted by molar-refractivity contribution is 0.155. The topological polar surface area (TPSA) is 87.2 Å². The Bertz CT molecular complexity index is 689. The molecule has 5 nitrogen and oxygen atoms in total. The quantitative estimate of drug-likeness (QED) is 0.899. The Balaban J connectivity index is 2.37. The first-order valence-electron chi connectivity index (χ1n) is 6.95. The molecule has 1 aromatic carbocycles. The normalized spacial score (nSPS) is 22.7. The molecule has 0 aromatic heterocycles. The highest BCUT2D eigenvalue weighted by molar-refractivity contribution is 7.89. The van der Waals surface area contributed by atoms with Gasteiger partial charge in [-0.15, -0.1) is 0 Å². The number of hydrogen-bond acceptors (Lipinski definition) is 4. The molecule has 0 bridgehead atoms. The van der Waals surface area contributed by atoms with Gasteiger partial charge in [0.05, 0.1) is 16.5 Å². The lowest BCUT2D eigenvalue weighted by atomic mass is 9.81. The molecule has 0 spiro atoms. The second-order valence-corrected chi connectivity index (χ2v) is 8.22. The van der Waals surface area contributed by atoms with Crippen LogP contribution in [0.3, 0.4) is 0 Å². The van der Waals surface area contributed by atoms with Gasteiger partial charge in [0, 0.05) is 19.1 Å². The first-order valence-corrected chi connectivity index (χ1v) is 8.39. The second kappa shape index (κ2) is 5.41. The summed E-state index contributed by atoms with van der Waals surface area (Å²) >= 11 is 0. The standard InChI is InChI=1S/C15H21N3O2S/c1-11-8-12(9-16)4-5-13(11)21(19,20)18-7-6-14(17)15(2,3)10-18/h4-5,8,14H,6-7,10,17H2,1-3H3. The summed E-state index contributed by atoms with van der Waals surface area (Å²) in [5.74, 6) is 0. The lowest BCUT2D eigenvalue weighted by Crippen LogP contribution is -2.53. The van der Waals surface area contributed by atoms with Crippen molar-refractivity contribution in [1.29, 1.82) is 5.26 Å². The number of piperidine rings is 1. The predicted octanol–water partition coefficient (Wildman–Crippen LogP) is 1.61. The fraction of sp³-hybridized carbons (Fsp3) is 0.533. The highest BCUT2D eigenvalue weighted by Crippen LogP contribution is 2.32. The third kappa shape index (κ3) is 2.95. The third-order valence-electron chi connectivity index (χ3n) is 4.20. The van der Waals surface area contributed by atoms with E-state index in [2.05, 4.69) is 0 Å². The smallest absolute Gasteiger partial charge is 0.243 e. The molecular weight excluding hydrogens is 286 g/mol. The fourth-order valence-corrected chi connectivity index (χ4v) is 4.51. The van der Waals surface area contributed by atoms with Gasteiger partial charge in [-0.05, 0) is 42.5 Å². The van der Waals surface area contributed by atoms with Crippen molar-refractivity contribution in [3.63, 3.8) is 0 Å². The van der Waals surface area contributed by atoms with Crippen LogP contribution in [0.15, 0.2) is 23.1 Å². The van der Waals surface area contributed by atoms with E-state index in [-0.39, 0.29) is 16.4 Å². The van der Waals surface area contributed by atoms with Gasteiger partial charge in [0.25, 0.3) is 0 Å². The summed E-state index contributed by atoms with van der Waals surface area (Å²) in [5.41, 5.74) is 6.89. The van der Waals surface area contributed by atoms with Gasteiger partial charge in [-0.25, -0.2) is 8.42 Å². The van der Waals surface area contributed by atoms with Crippen LogP contribution in [0, 0.1) is 23.7 Å². The number of nitrogens with two attached hydrogens (primary N) is 1. The maximum atomic E-state index is 12.8.